The highest BCUT2D eigenvalue weighted by Crippen LogP contribution is 2.38. The maximum absolute atomic E-state index is 13.1. The zero-order valence-corrected chi connectivity index (χ0v) is 21.2. The van der Waals surface area contributed by atoms with Crippen molar-refractivity contribution >= 4 is 22.6 Å². The van der Waals surface area contributed by atoms with Crippen LogP contribution in [0.4, 0.5) is 5.69 Å². The van der Waals surface area contributed by atoms with E-state index in [-0.39, 0.29) is 11.8 Å². The number of rotatable bonds is 7. The van der Waals surface area contributed by atoms with E-state index in [9.17, 15) is 4.79 Å². The molecule has 0 saturated carbocycles. The summed E-state index contributed by atoms with van der Waals surface area (Å²) in [6, 6.07) is 22.1. The molecule has 1 atom stereocenters. The van der Waals surface area contributed by atoms with Gasteiger partial charge in [0.05, 0.1) is 17.6 Å². The van der Waals surface area contributed by atoms with Crippen molar-refractivity contribution in [1.29, 1.82) is 0 Å². The molecule has 2 aliphatic heterocycles. The van der Waals surface area contributed by atoms with Gasteiger partial charge in [-0.3, -0.25) is 4.79 Å². The molecule has 0 spiro atoms. The number of hydrogen-bond acceptors (Lipinski definition) is 5. The fraction of sp³-hybridized carbons (Fsp3) is 0.333. The first-order valence-corrected chi connectivity index (χ1v) is 13.0. The van der Waals surface area contributed by atoms with E-state index < -0.39 is 0 Å². The SMILES string of the molecule is CC(C)c1ccccc1OCCn1c(C2CC(=O)N(c3ccc4c(c3)OCCO4)C2)nc2ccccc21. The molecule has 7 heteroatoms. The van der Waals surface area contributed by atoms with Gasteiger partial charge in [0.25, 0.3) is 0 Å². The predicted molar refractivity (Wildman–Crippen MR) is 143 cm³/mol. The van der Waals surface area contributed by atoms with Crippen molar-refractivity contribution in [2.45, 2.75) is 38.6 Å². The van der Waals surface area contributed by atoms with Gasteiger partial charge in [0, 0.05) is 30.6 Å². The van der Waals surface area contributed by atoms with Crippen molar-refractivity contribution in [2.24, 2.45) is 0 Å². The van der Waals surface area contributed by atoms with Gasteiger partial charge in [0.2, 0.25) is 5.91 Å². The lowest BCUT2D eigenvalue weighted by atomic mass is 10.0. The Hall–Kier alpha value is -4.00. The monoisotopic (exact) mass is 497 g/mol. The van der Waals surface area contributed by atoms with Crippen LogP contribution in [0.1, 0.15) is 43.5 Å². The molecule has 0 N–H and O–H groups in total. The lowest BCUT2D eigenvalue weighted by molar-refractivity contribution is -0.117. The number of para-hydroxylation sites is 3. The van der Waals surface area contributed by atoms with Gasteiger partial charge in [-0.1, -0.05) is 44.2 Å². The number of carbonyl (C=O) groups is 1. The van der Waals surface area contributed by atoms with Crippen molar-refractivity contribution in [3.05, 3.63) is 78.1 Å². The summed E-state index contributed by atoms with van der Waals surface area (Å²) in [5.74, 6) is 3.71. The summed E-state index contributed by atoms with van der Waals surface area (Å²) in [6.45, 7) is 7.14. The van der Waals surface area contributed by atoms with Crippen LogP contribution in [-0.2, 0) is 11.3 Å². The van der Waals surface area contributed by atoms with Crippen molar-refractivity contribution < 1.29 is 19.0 Å². The quantitative estimate of drug-likeness (QED) is 0.336. The smallest absolute Gasteiger partial charge is 0.227 e. The Bertz CT molecular complexity index is 1440. The molecule has 1 unspecified atom stereocenters. The average Bonchev–Trinajstić information content (AvgIpc) is 3.49. The molecular weight excluding hydrogens is 466 g/mol. The van der Waals surface area contributed by atoms with E-state index in [1.54, 1.807) is 0 Å². The van der Waals surface area contributed by atoms with Crippen LogP contribution >= 0.6 is 0 Å². The van der Waals surface area contributed by atoms with Gasteiger partial charge < -0.3 is 23.7 Å². The molecule has 0 aliphatic carbocycles. The lowest BCUT2D eigenvalue weighted by Gasteiger charge is -2.22. The zero-order valence-electron chi connectivity index (χ0n) is 21.2. The van der Waals surface area contributed by atoms with Crippen LogP contribution in [0.3, 0.4) is 0 Å². The van der Waals surface area contributed by atoms with Gasteiger partial charge >= 0.3 is 0 Å². The first-order valence-electron chi connectivity index (χ1n) is 13.0. The molecule has 7 nitrogen and oxygen atoms in total. The maximum atomic E-state index is 13.1. The molecule has 0 radical (unpaired) electrons. The number of benzene rings is 3. The van der Waals surface area contributed by atoms with E-state index in [2.05, 4.69) is 30.5 Å². The standard InChI is InChI=1S/C30H31N3O4/c1-20(2)23-7-3-6-10-26(23)35-14-13-32-25-9-5-4-8-24(25)31-30(32)21-17-29(34)33(19-21)22-11-12-27-28(18-22)37-16-15-36-27/h3-12,18,20-21H,13-17,19H2,1-2H3. The van der Waals surface area contributed by atoms with Crippen LogP contribution in [0, 0.1) is 0 Å². The normalized spacial score (nSPS) is 17.1. The van der Waals surface area contributed by atoms with E-state index in [0.717, 1.165) is 34.0 Å². The molecule has 3 heterocycles. The molecule has 2 aliphatic rings. The first-order chi connectivity index (χ1) is 18.1. The van der Waals surface area contributed by atoms with Crippen molar-refractivity contribution in [2.75, 3.05) is 31.3 Å². The third-order valence-electron chi connectivity index (χ3n) is 7.13. The first kappa shape index (κ1) is 23.4. The second-order valence-corrected chi connectivity index (χ2v) is 9.88. The Morgan fingerprint density at radius 2 is 1.78 bits per heavy atom. The second kappa shape index (κ2) is 9.81. The van der Waals surface area contributed by atoms with Gasteiger partial charge in [-0.2, -0.15) is 0 Å². The van der Waals surface area contributed by atoms with Crippen LogP contribution in [0.25, 0.3) is 11.0 Å². The lowest BCUT2D eigenvalue weighted by Crippen LogP contribution is -2.25. The molecule has 3 aromatic carbocycles. The fourth-order valence-electron chi connectivity index (χ4n) is 5.31. The molecular formula is C30H31N3O4. The number of aromatic nitrogens is 2. The molecule has 1 amide bonds. The molecule has 1 aromatic heterocycles. The minimum atomic E-state index is -0.0175. The summed E-state index contributed by atoms with van der Waals surface area (Å²) in [4.78, 5) is 20.0. The number of ether oxygens (including phenoxy) is 3. The van der Waals surface area contributed by atoms with Gasteiger partial charge in [0.15, 0.2) is 11.5 Å². The summed E-state index contributed by atoms with van der Waals surface area (Å²) >= 11 is 0. The van der Waals surface area contributed by atoms with E-state index in [1.807, 2.05) is 59.5 Å². The Morgan fingerprint density at radius 3 is 2.65 bits per heavy atom. The van der Waals surface area contributed by atoms with E-state index in [0.29, 0.717) is 51.0 Å². The van der Waals surface area contributed by atoms with Crippen molar-refractivity contribution in [1.82, 2.24) is 9.55 Å². The Labute approximate surface area is 216 Å². The third-order valence-corrected chi connectivity index (χ3v) is 7.13. The number of amides is 1. The van der Waals surface area contributed by atoms with E-state index >= 15 is 0 Å². The molecule has 6 rings (SSSR count). The van der Waals surface area contributed by atoms with Crippen LogP contribution in [0.15, 0.2) is 66.7 Å². The third kappa shape index (κ3) is 4.50. The van der Waals surface area contributed by atoms with Crippen molar-refractivity contribution in [3.8, 4) is 17.2 Å². The summed E-state index contributed by atoms with van der Waals surface area (Å²) in [6.07, 6.45) is 0.412. The Kier molecular flexibility index (Phi) is 6.20. The molecule has 37 heavy (non-hydrogen) atoms. The predicted octanol–water partition coefficient (Wildman–Crippen LogP) is 5.53. The Balaban J connectivity index is 1.25. The highest BCUT2D eigenvalue weighted by molar-refractivity contribution is 5.97. The largest absolute Gasteiger partial charge is 0.491 e. The average molecular weight is 498 g/mol. The number of nitrogens with zero attached hydrogens (tertiary/aromatic N) is 3. The fourth-order valence-corrected chi connectivity index (χ4v) is 5.31. The minimum Gasteiger partial charge on any atom is -0.491 e. The summed E-state index contributed by atoms with van der Waals surface area (Å²) < 4.78 is 19.9. The molecule has 1 fully saturated rings. The van der Waals surface area contributed by atoms with E-state index in [1.165, 1.54) is 5.56 Å². The van der Waals surface area contributed by atoms with Gasteiger partial charge in [-0.05, 0) is 41.8 Å². The summed E-state index contributed by atoms with van der Waals surface area (Å²) in [5, 5.41) is 0. The molecule has 0 bridgehead atoms. The molecule has 4 aromatic rings. The zero-order chi connectivity index (χ0) is 25.4. The minimum absolute atomic E-state index is 0.0175. The van der Waals surface area contributed by atoms with Crippen LogP contribution < -0.4 is 19.1 Å². The summed E-state index contributed by atoms with van der Waals surface area (Å²) in [7, 11) is 0. The number of carbonyl (C=O) groups excluding carboxylic acids is 1. The van der Waals surface area contributed by atoms with Gasteiger partial charge in [0.1, 0.15) is 31.4 Å². The highest BCUT2D eigenvalue weighted by Gasteiger charge is 2.35. The summed E-state index contributed by atoms with van der Waals surface area (Å²) in [5.41, 5.74) is 4.02. The van der Waals surface area contributed by atoms with Crippen LogP contribution in [0.2, 0.25) is 0 Å². The van der Waals surface area contributed by atoms with Crippen LogP contribution in [0.5, 0.6) is 17.2 Å². The number of imidazole rings is 1. The molecule has 190 valence electrons. The van der Waals surface area contributed by atoms with Gasteiger partial charge in [-0.25, -0.2) is 4.98 Å². The highest BCUT2D eigenvalue weighted by atomic mass is 16.6. The topological polar surface area (TPSA) is 65.8 Å². The number of hydrogen-bond donors (Lipinski definition) is 0. The van der Waals surface area contributed by atoms with Crippen molar-refractivity contribution in [3.63, 3.8) is 0 Å². The van der Waals surface area contributed by atoms with Gasteiger partial charge in [-0.15, -0.1) is 0 Å². The number of fused-ring (bicyclic) bond motifs is 2. The van der Waals surface area contributed by atoms with E-state index in [4.69, 9.17) is 19.2 Å². The Morgan fingerprint density at radius 1 is 1.00 bits per heavy atom. The maximum Gasteiger partial charge on any atom is 0.227 e. The van der Waals surface area contributed by atoms with Crippen LogP contribution in [-0.4, -0.2) is 41.8 Å². The molecule has 1 saturated heterocycles. The second-order valence-electron chi connectivity index (χ2n) is 9.88. The number of anilines is 1.